The Morgan fingerprint density at radius 1 is 1.07 bits per heavy atom. The van der Waals surface area contributed by atoms with Gasteiger partial charge in [-0.05, 0) is 35.7 Å². The van der Waals surface area contributed by atoms with Gasteiger partial charge in [-0.2, -0.15) is 0 Å². The molecule has 0 spiro atoms. The summed E-state index contributed by atoms with van der Waals surface area (Å²) in [6, 6.07) is 20.0. The molecule has 0 atom stereocenters. The maximum absolute atomic E-state index is 10.7. The van der Waals surface area contributed by atoms with E-state index in [2.05, 4.69) is 28.5 Å². The summed E-state index contributed by atoms with van der Waals surface area (Å²) in [4.78, 5) is 15.1. The van der Waals surface area contributed by atoms with E-state index in [0.717, 1.165) is 27.9 Å². The van der Waals surface area contributed by atoms with Crippen molar-refractivity contribution in [1.82, 2.24) is 4.98 Å². The van der Waals surface area contributed by atoms with Crippen molar-refractivity contribution in [2.45, 2.75) is 19.4 Å². The number of aliphatic carboxylic acids is 1. The third-order valence-electron chi connectivity index (χ3n) is 4.29. The lowest BCUT2D eigenvalue weighted by Crippen LogP contribution is -2.04. The van der Waals surface area contributed by atoms with E-state index in [4.69, 9.17) is 9.84 Å². The van der Waals surface area contributed by atoms with E-state index >= 15 is 0 Å². The van der Waals surface area contributed by atoms with Gasteiger partial charge in [-0.1, -0.05) is 42.5 Å². The Labute approximate surface area is 158 Å². The number of rotatable bonds is 8. The highest BCUT2D eigenvalue weighted by Crippen LogP contribution is 2.25. The molecule has 0 radical (unpaired) electrons. The SMILES string of the molecule is COc1ncc(-c2ccccc2)cc1CNc1ccc(CCC(=O)O)cc1. The van der Waals surface area contributed by atoms with Crippen molar-refractivity contribution in [2.24, 2.45) is 0 Å². The summed E-state index contributed by atoms with van der Waals surface area (Å²) in [7, 11) is 1.62. The van der Waals surface area contributed by atoms with Crippen molar-refractivity contribution >= 4 is 11.7 Å². The van der Waals surface area contributed by atoms with Gasteiger partial charge in [-0.15, -0.1) is 0 Å². The van der Waals surface area contributed by atoms with Gasteiger partial charge >= 0.3 is 5.97 Å². The van der Waals surface area contributed by atoms with Crippen molar-refractivity contribution in [3.05, 3.63) is 78.0 Å². The lowest BCUT2D eigenvalue weighted by Gasteiger charge is -2.12. The highest BCUT2D eigenvalue weighted by atomic mass is 16.5. The molecule has 0 saturated heterocycles. The normalized spacial score (nSPS) is 10.4. The molecule has 1 aromatic heterocycles. The van der Waals surface area contributed by atoms with Crippen LogP contribution in [0.25, 0.3) is 11.1 Å². The van der Waals surface area contributed by atoms with Crippen LogP contribution >= 0.6 is 0 Å². The van der Waals surface area contributed by atoms with Gasteiger partial charge in [0.15, 0.2) is 0 Å². The zero-order chi connectivity index (χ0) is 19.1. The Bertz CT molecular complexity index is 893. The largest absolute Gasteiger partial charge is 0.481 e. The van der Waals surface area contributed by atoms with Crippen LogP contribution in [-0.4, -0.2) is 23.2 Å². The topological polar surface area (TPSA) is 71.5 Å². The minimum absolute atomic E-state index is 0.141. The molecule has 0 saturated carbocycles. The van der Waals surface area contributed by atoms with Crippen LogP contribution in [0, 0.1) is 0 Å². The number of nitrogens with zero attached hydrogens (tertiary/aromatic N) is 1. The number of carbonyl (C=O) groups is 1. The molecule has 3 aromatic rings. The number of aryl methyl sites for hydroxylation is 1. The molecule has 5 nitrogen and oxygen atoms in total. The van der Waals surface area contributed by atoms with Crippen molar-refractivity contribution in [3.63, 3.8) is 0 Å². The molecular formula is C22H22N2O3. The number of benzene rings is 2. The quantitative estimate of drug-likeness (QED) is 0.622. The van der Waals surface area contributed by atoms with Gasteiger partial charge in [0.2, 0.25) is 5.88 Å². The van der Waals surface area contributed by atoms with E-state index in [9.17, 15) is 4.79 Å². The summed E-state index contributed by atoms with van der Waals surface area (Å²) in [5.41, 5.74) is 5.08. The fourth-order valence-corrected chi connectivity index (χ4v) is 2.83. The minimum atomic E-state index is -0.782. The molecule has 27 heavy (non-hydrogen) atoms. The first-order chi connectivity index (χ1) is 13.2. The number of carboxylic acid groups (broad SMARTS) is 1. The molecule has 0 amide bonds. The number of hydrogen-bond acceptors (Lipinski definition) is 4. The second kappa shape index (κ2) is 8.85. The number of anilines is 1. The number of carboxylic acids is 1. The van der Waals surface area contributed by atoms with Crippen LogP contribution in [0.4, 0.5) is 5.69 Å². The maximum atomic E-state index is 10.7. The van der Waals surface area contributed by atoms with E-state index in [0.29, 0.717) is 18.8 Å². The summed E-state index contributed by atoms with van der Waals surface area (Å²) < 4.78 is 5.39. The van der Waals surface area contributed by atoms with Crippen LogP contribution in [0.15, 0.2) is 66.9 Å². The first-order valence-electron chi connectivity index (χ1n) is 8.78. The zero-order valence-corrected chi connectivity index (χ0v) is 15.2. The molecule has 0 aliphatic rings. The number of ether oxygens (including phenoxy) is 1. The smallest absolute Gasteiger partial charge is 0.303 e. The van der Waals surface area contributed by atoms with Crippen LogP contribution in [-0.2, 0) is 17.8 Å². The molecule has 2 N–H and O–H groups in total. The fourth-order valence-electron chi connectivity index (χ4n) is 2.83. The molecular weight excluding hydrogens is 340 g/mol. The lowest BCUT2D eigenvalue weighted by atomic mass is 10.1. The zero-order valence-electron chi connectivity index (χ0n) is 15.2. The molecule has 2 aromatic carbocycles. The van der Waals surface area contributed by atoms with Gasteiger partial charge in [-0.25, -0.2) is 4.98 Å². The number of hydrogen-bond donors (Lipinski definition) is 2. The highest BCUT2D eigenvalue weighted by Gasteiger charge is 2.08. The molecule has 5 heteroatoms. The van der Waals surface area contributed by atoms with Gasteiger partial charge in [0.05, 0.1) is 7.11 Å². The van der Waals surface area contributed by atoms with Crippen LogP contribution in [0.2, 0.25) is 0 Å². The van der Waals surface area contributed by atoms with Gasteiger partial charge in [0, 0.05) is 36.0 Å². The standard InChI is InChI=1S/C22H22N2O3/c1-27-22-19(13-18(14-24-22)17-5-3-2-4-6-17)15-23-20-10-7-16(8-11-20)9-12-21(25)26/h2-8,10-11,13-14,23H,9,12,15H2,1H3,(H,25,26). The van der Waals surface area contributed by atoms with Gasteiger partial charge in [-0.3, -0.25) is 4.79 Å². The third-order valence-corrected chi connectivity index (χ3v) is 4.29. The second-order valence-corrected chi connectivity index (χ2v) is 6.20. The van der Waals surface area contributed by atoms with E-state index in [1.165, 1.54) is 0 Å². The van der Waals surface area contributed by atoms with Crippen LogP contribution in [0.5, 0.6) is 5.88 Å². The highest BCUT2D eigenvalue weighted by molar-refractivity contribution is 5.67. The van der Waals surface area contributed by atoms with Crippen molar-refractivity contribution in [3.8, 4) is 17.0 Å². The average Bonchev–Trinajstić information content (AvgIpc) is 2.72. The van der Waals surface area contributed by atoms with E-state index in [-0.39, 0.29) is 6.42 Å². The Morgan fingerprint density at radius 3 is 2.48 bits per heavy atom. The van der Waals surface area contributed by atoms with Crippen molar-refractivity contribution < 1.29 is 14.6 Å². The number of aromatic nitrogens is 1. The molecule has 0 bridgehead atoms. The third kappa shape index (κ3) is 5.07. The molecule has 0 unspecified atom stereocenters. The fraction of sp³-hybridized carbons (Fsp3) is 0.182. The second-order valence-electron chi connectivity index (χ2n) is 6.20. The Hall–Kier alpha value is -3.34. The predicted octanol–water partition coefficient (Wildman–Crippen LogP) is 4.39. The molecule has 0 aliphatic heterocycles. The summed E-state index contributed by atoms with van der Waals surface area (Å²) in [5.74, 6) is -0.185. The van der Waals surface area contributed by atoms with E-state index in [1.54, 1.807) is 7.11 Å². The van der Waals surface area contributed by atoms with Crippen LogP contribution in [0.3, 0.4) is 0 Å². The first-order valence-corrected chi connectivity index (χ1v) is 8.78. The molecule has 138 valence electrons. The first kappa shape index (κ1) is 18.5. The van der Waals surface area contributed by atoms with Crippen molar-refractivity contribution in [1.29, 1.82) is 0 Å². The number of pyridine rings is 1. The summed E-state index contributed by atoms with van der Waals surface area (Å²) in [5, 5.41) is 12.1. The minimum Gasteiger partial charge on any atom is -0.481 e. The lowest BCUT2D eigenvalue weighted by molar-refractivity contribution is -0.136. The summed E-state index contributed by atoms with van der Waals surface area (Å²) in [6.07, 6.45) is 2.49. The summed E-state index contributed by atoms with van der Waals surface area (Å²) in [6.45, 7) is 0.575. The van der Waals surface area contributed by atoms with Gasteiger partial charge in [0.1, 0.15) is 0 Å². The van der Waals surface area contributed by atoms with Gasteiger partial charge in [0.25, 0.3) is 0 Å². The molecule has 0 aliphatic carbocycles. The van der Waals surface area contributed by atoms with E-state index in [1.807, 2.05) is 48.7 Å². The average molecular weight is 362 g/mol. The number of nitrogens with one attached hydrogen (secondary N) is 1. The molecule has 0 fully saturated rings. The Kier molecular flexibility index (Phi) is 6.05. The van der Waals surface area contributed by atoms with Crippen LogP contribution < -0.4 is 10.1 Å². The Balaban J connectivity index is 1.70. The Morgan fingerprint density at radius 2 is 1.81 bits per heavy atom. The maximum Gasteiger partial charge on any atom is 0.303 e. The molecule has 1 heterocycles. The van der Waals surface area contributed by atoms with Crippen molar-refractivity contribution in [2.75, 3.05) is 12.4 Å². The van der Waals surface area contributed by atoms with E-state index < -0.39 is 5.97 Å². The summed E-state index contributed by atoms with van der Waals surface area (Å²) >= 11 is 0. The number of methoxy groups -OCH3 is 1. The predicted molar refractivity (Wildman–Crippen MR) is 106 cm³/mol. The van der Waals surface area contributed by atoms with Crippen LogP contribution in [0.1, 0.15) is 17.5 Å². The molecule has 3 rings (SSSR count). The van der Waals surface area contributed by atoms with Gasteiger partial charge < -0.3 is 15.2 Å². The monoisotopic (exact) mass is 362 g/mol.